The molecule has 0 aliphatic heterocycles. The third-order valence-corrected chi connectivity index (χ3v) is 6.53. The first-order valence-corrected chi connectivity index (χ1v) is 11.9. The Balaban J connectivity index is 1.73. The molecule has 0 radical (unpaired) electrons. The number of aliphatic hydroxyl groups is 2. The molecule has 0 fully saturated rings. The van der Waals surface area contributed by atoms with Crippen LogP contribution in [-0.2, 0) is 24.1 Å². The topological polar surface area (TPSA) is 108 Å². The lowest BCUT2D eigenvalue weighted by molar-refractivity contribution is -0.124. The lowest BCUT2D eigenvalue weighted by Gasteiger charge is -2.16. The molecule has 0 aliphatic rings. The maximum absolute atomic E-state index is 11.1. The van der Waals surface area contributed by atoms with Crippen molar-refractivity contribution >= 4 is 17.2 Å². The van der Waals surface area contributed by atoms with Gasteiger partial charge >= 0.3 is 0 Å². The standard InChI is InChI=1S/C24H31N3O4S/c1-4-6-19-8-10-21(32-19)24-27-26-23(31-24)17-11-15(3)20(16(5-2)12-17)9-7-18(29)13-25-22(30)14-28/h8,10-12,18,28-29H,4-7,9,13-14H2,1-3H3,(H,25,30)/t18-/m0/s1. The number of aryl methyl sites for hydroxylation is 3. The van der Waals surface area contributed by atoms with Crippen LogP contribution in [0.25, 0.3) is 22.2 Å². The van der Waals surface area contributed by atoms with Crippen LogP contribution in [0.5, 0.6) is 0 Å². The first-order valence-electron chi connectivity index (χ1n) is 11.1. The quantitative estimate of drug-likeness (QED) is 0.405. The van der Waals surface area contributed by atoms with Crippen LogP contribution in [0.3, 0.4) is 0 Å². The maximum Gasteiger partial charge on any atom is 0.258 e. The van der Waals surface area contributed by atoms with E-state index >= 15 is 0 Å². The molecule has 7 nitrogen and oxygen atoms in total. The highest BCUT2D eigenvalue weighted by Gasteiger charge is 2.16. The van der Waals surface area contributed by atoms with Gasteiger partial charge in [-0.3, -0.25) is 4.79 Å². The average Bonchev–Trinajstić information content (AvgIpc) is 3.46. The minimum atomic E-state index is -0.670. The summed E-state index contributed by atoms with van der Waals surface area (Å²) in [5, 5.41) is 29.9. The van der Waals surface area contributed by atoms with E-state index in [1.54, 1.807) is 11.3 Å². The number of thiophene rings is 1. The summed E-state index contributed by atoms with van der Waals surface area (Å²) in [6, 6.07) is 8.28. The smallest absolute Gasteiger partial charge is 0.258 e. The van der Waals surface area contributed by atoms with Gasteiger partial charge in [0.2, 0.25) is 11.8 Å². The summed E-state index contributed by atoms with van der Waals surface area (Å²) in [5.41, 5.74) is 4.36. The highest BCUT2D eigenvalue weighted by atomic mass is 32.1. The fraction of sp³-hybridized carbons (Fsp3) is 0.458. The van der Waals surface area contributed by atoms with Crippen molar-refractivity contribution in [1.29, 1.82) is 0 Å². The molecule has 8 heteroatoms. The van der Waals surface area contributed by atoms with Crippen molar-refractivity contribution in [2.24, 2.45) is 0 Å². The molecule has 3 rings (SSSR count). The molecule has 32 heavy (non-hydrogen) atoms. The van der Waals surface area contributed by atoms with Gasteiger partial charge in [-0.15, -0.1) is 21.5 Å². The lowest BCUT2D eigenvalue weighted by atomic mass is 9.92. The van der Waals surface area contributed by atoms with Crippen molar-refractivity contribution in [3.05, 3.63) is 45.8 Å². The summed E-state index contributed by atoms with van der Waals surface area (Å²) >= 11 is 1.69. The molecule has 0 bridgehead atoms. The van der Waals surface area contributed by atoms with E-state index in [-0.39, 0.29) is 6.54 Å². The number of aliphatic hydroxyl groups excluding tert-OH is 2. The van der Waals surface area contributed by atoms with Crippen LogP contribution in [0.1, 0.15) is 48.3 Å². The second-order valence-corrected chi connectivity index (χ2v) is 9.04. The van der Waals surface area contributed by atoms with E-state index in [0.29, 0.717) is 24.6 Å². The van der Waals surface area contributed by atoms with Crippen molar-refractivity contribution < 1.29 is 19.4 Å². The van der Waals surface area contributed by atoms with Crippen molar-refractivity contribution in [3.8, 4) is 22.2 Å². The molecule has 3 aromatic rings. The molecule has 1 atom stereocenters. The predicted molar refractivity (Wildman–Crippen MR) is 126 cm³/mol. The Labute approximate surface area is 192 Å². The molecular weight excluding hydrogens is 426 g/mol. The molecule has 1 aromatic carbocycles. The first kappa shape index (κ1) is 24.1. The van der Waals surface area contributed by atoms with E-state index in [0.717, 1.165) is 35.3 Å². The normalized spacial score (nSPS) is 12.2. The third kappa shape index (κ3) is 6.03. The summed E-state index contributed by atoms with van der Waals surface area (Å²) in [6.07, 6.45) is 3.53. The second-order valence-electron chi connectivity index (χ2n) is 7.87. The Kier molecular flexibility index (Phi) is 8.55. The molecule has 172 valence electrons. The molecule has 0 unspecified atom stereocenters. The van der Waals surface area contributed by atoms with Crippen molar-refractivity contribution in [3.63, 3.8) is 0 Å². The summed E-state index contributed by atoms with van der Waals surface area (Å²) in [5.74, 6) is 0.559. The van der Waals surface area contributed by atoms with Crippen LogP contribution in [0, 0.1) is 6.92 Å². The Morgan fingerprint density at radius 3 is 2.69 bits per heavy atom. The molecule has 3 N–H and O–H groups in total. The number of benzene rings is 1. The fourth-order valence-electron chi connectivity index (χ4n) is 3.70. The van der Waals surface area contributed by atoms with Gasteiger partial charge < -0.3 is 19.9 Å². The van der Waals surface area contributed by atoms with Gasteiger partial charge in [0.15, 0.2) is 0 Å². The Bertz CT molecular complexity index is 1040. The van der Waals surface area contributed by atoms with Gasteiger partial charge in [-0.1, -0.05) is 20.3 Å². The van der Waals surface area contributed by atoms with Gasteiger partial charge in [0.25, 0.3) is 5.89 Å². The van der Waals surface area contributed by atoms with Crippen LogP contribution in [-0.4, -0.2) is 45.6 Å². The largest absolute Gasteiger partial charge is 0.415 e. The highest BCUT2D eigenvalue weighted by Crippen LogP contribution is 2.32. The van der Waals surface area contributed by atoms with Crippen LogP contribution in [0.2, 0.25) is 0 Å². The van der Waals surface area contributed by atoms with Gasteiger partial charge in [-0.2, -0.15) is 0 Å². The number of hydrogen-bond acceptors (Lipinski definition) is 7. The molecule has 2 heterocycles. The van der Waals surface area contributed by atoms with E-state index in [1.807, 2.05) is 19.1 Å². The van der Waals surface area contributed by atoms with E-state index in [2.05, 4.69) is 41.5 Å². The SMILES string of the molecule is CCCc1ccc(-c2nnc(-c3cc(C)c(CC[C@H](O)CNC(=O)CO)c(CC)c3)o2)s1. The zero-order chi connectivity index (χ0) is 23.1. The number of nitrogens with zero attached hydrogens (tertiary/aromatic N) is 2. The Hall–Kier alpha value is -2.55. The minimum Gasteiger partial charge on any atom is -0.415 e. The minimum absolute atomic E-state index is 0.130. The van der Waals surface area contributed by atoms with Crippen LogP contribution >= 0.6 is 11.3 Å². The van der Waals surface area contributed by atoms with Crippen molar-refractivity contribution in [2.75, 3.05) is 13.2 Å². The molecule has 0 spiro atoms. The zero-order valence-electron chi connectivity index (χ0n) is 18.9. The number of aromatic nitrogens is 2. The van der Waals surface area contributed by atoms with E-state index < -0.39 is 18.6 Å². The second kappa shape index (κ2) is 11.4. The van der Waals surface area contributed by atoms with Gasteiger partial charge in [0, 0.05) is 17.0 Å². The van der Waals surface area contributed by atoms with E-state index in [4.69, 9.17) is 9.52 Å². The van der Waals surface area contributed by atoms with E-state index in [1.165, 1.54) is 16.0 Å². The number of hydrogen-bond donors (Lipinski definition) is 3. The first-order chi connectivity index (χ1) is 15.4. The summed E-state index contributed by atoms with van der Waals surface area (Å²) in [7, 11) is 0. The van der Waals surface area contributed by atoms with Gasteiger partial charge in [-0.05, 0) is 73.6 Å². The van der Waals surface area contributed by atoms with Gasteiger partial charge in [-0.25, -0.2) is 0 Å². The summed E-state index contributed by atoms with van der Waals surface area (Å²) in [4.78, 5) is 13.4. The van der Waals surface area contributed by atoms with Gasteiger partial charge in [0.1, 0.15) is 6.61 Å². The number of carbonyl (C=O) groups excluding carboxylic acids is 1. The molecule has 0 saturated heterocycles. The lowest BCUT2D eigenvalue weighted by Crippen LogP contribution is -2.34. The molecule has 2 aromatic heterocycles. The predicted octanol–water partition coefficient (Wildman–Crippen LogP) is 3.69. The Morgan fingerprint density at radius 2 is 1.97 bits per heavy atom. The van der Waals surface area contributed by atoms with E-state index in [9.17, 15) is 9.90 Å². The number of carbonyl (C=O) groups is 1. The van der Waals surface area contributed by atoms with Crippen LogP contribution < -0.4 is 5.32 Å². The average molecular weight is 458 g/mol. The van der Waals surface area contributed by atoms with Crippen LogP contribution in [0.4, 0.5) is 0 Å². The molecule has 1 amide bonds. The van der Waals surface area contributed by atoms with Crippen LogP contribution in [0.15, 0.2) is 28.7 Å². The monoisotopic (exact) mass is 457 g/mol. The van der Waals surface area contributed by atoms with Gasteiger partial charge in [0.05, 0.1) is 11.0 Å². The summed E-state index contributed by atoms with van der Waals surface area (Å²) in [6.45, 7) is 5.87. The number of nitrogens with one attached hydrogen (secondary N) is 1. The molecule has 0 aliphatic carbocycles. The van der Waals surface area contributed by atoms with Crippen molar-refractivity contribution in [2.45, 2.75) is 59.0 Å². The number of rotatable bonds is 11. The summed E-state index contributed by atoms with van der Waals surface area (Å²) < 4.78 is 5.99. The zero-order valence-corrected chi connectivity index (χ0v) is 19.7. The number of amides is 1. The highest BCUT2D eigenvalue weighted by molar-refractivity contribution is 7.15. The fourth-order valence-corrected chi connectivity index (χ4v) is 4.73. The third-order valence-electron chi connectivity index (χ3n) is 5.39. The van der Waals surface area contributed by atoms with Crippen molar-refractivity contribution in [1.82, 2.24) is 15.5 Å². The maximum atomic E-state index is 11.1. The molecular formula is C24H31N3O4S. The Morgan fingerprint density at radius 1 is 1.19 bits per heavy atom. The molecule has 0 saturated carbocycles.